The molecular formula is C25H25N3O2. The van der Waals surface area contributed by atoms with Crippen molar-refractivity contribution in [2.45, 2.75) is 26.2 Å². The normalized spacial score (nSPS) is 10.9. The zero-order chi connectivity index (χ0) is 20.9. The van der Waals surface area contributed by atoms with Crippen LogP contribution in [0.2, 0.25) is 0 Å². The number of nitrogens with zero attached hydrogens (tertiary/aromatic N) is 2. The fourth-order valence-corrected chi connectivity index (χ4v) is 3.47. The average Bonchev–Trinajstić information content (AvgIpc) is 3.16. The smallest absolute Gasteiger partial charge is 0.256 e. The number of benzene rings is 2. The van der Waals surface area contributed by atoms with Gasteiger partial charge in [0.2, 0.25) is 0 Å². The maximum absolute atomic E-state index is 13.0. The van der Waals surface area contributed by atoms with Gasteiger partial charge in [-0.3, -0.25) is 9.20 Å². The van der Waals surface area contributed by atoms with Crippen molar-refractivity contribution in [1.82, 2.24) is 9.38 Å². The molecule has 0 bridgehead atoms. The molecule has 0 saturated heterocycles. The number of amides is 1. The molecule has 152 valence electrons. The van der Waals surface area contributed by atoms with Gasteiger partial charge in [-0.2, -0.15) is 0 Å². The molecule has 0 unspecified atom stereocenters. The van der Waals surface area contributed by atoms with Gasteiger partial charge in [-0.25, -0.2) is 4.98 Å². The van der Waals surface area contributed by atoms with E-state index in [1.54, 1.807) is 7.11 Å². The van der Waals surface area contributed by atoms with Gasteiger partial charge >= 0.3 is 0 Å². The maximum Gasteiger partial charge on any atom is 0.256 e. The summed E-state index contributed by atoms with van der Waals surface area (Å²) in [5, 5.41) is 3.07. The second kappa shape index (κ2) is 8.82. The summed E-state index contributed by atoms with van der Waals surface area (Å²) in [6.45, 7) is 2.18. The Labute approximate surface area is 176 Å². The van der Waals surface area contributed by atoms with Crippen molar-refractivity contribution in [1.29, 1.82) is 0 Å². The molecule has 2 aromatic carbocycles. The molecule has 1 N–H and O–H groups in total. The van der Waals surface area contributed by atoms with Crippen LogP contribution in [0.1, 0.15) is 35.7 Å². The number of carbonyl (C=O) groups is 1. The number of rotatable bonds is 7. The second-order valence-electron chi connectivity index (χ2n) is 7.22. The summed E-state index contributed by atoms with van der Waals surface area (Å²) < 4.78 is 7.25. The molecule has 0 aliphatic rings. The maximum atomic E-state index is 13.0. The number of anilines is 1. The van der Waals surface area contributed by atoms with Crippen molar-refractivity contribution < 1.29 is 9.53 Å². The number of nitrogens with one attached hydrogen (secondary N) is 1. The Bertz CT molecular complexity index is 1160. The van der Waals surface area contributed by atoms with Gasteiger partial charge in [-0.15, -0.1) is 0 Å². The van der Waals surface area contributed by atoms with Crippen molar-refractivity contribution in [3.63, 3.8) is 0 Å². The van der Waals surface area contributed by atoms with Crippen LogP contribution in [0.4, 0.5) is 5.82 Å². The van der Waals surface area contributed by atoms with Gasteiger partial charge in [-0.1, -0.05) is 43.7 Å². The van der Waals surface area contributed by atoms with Crippen molar-refractivity contribution in [3.8, 4) is 17.0 Å². The first-order valence-corrected chi connectivity index (χ1v) is 10.2. The Morgan fingerprint density at radius 3 is 2.67 bits per heavy atom. The van der Waals surface area contributed by atoms with Crippen LogP contribution >= 0.6 is 0 Å². The molecule has 2 heterocycles. The van der Waals surface area contributed by atoms with Gasteiger partial charge in [0.15, 0.2) is 0 Å². The van der Waals surface area contributed by atoms with Gasteiger partial charge in [0.05, 0.1) is 7.11 Å². The third kappa shape index (κ3) is 4.06. The quantitative estimate of drug-likeness (QED) is 0.440. The van der Waals surface area contributed by atoms with Crippen molar-refractivity contribution in [3.05, 3.63) is 84.1 Å². The number of aromatic nitrogens is 2. The number of carbonyl (C=O) groups excluding carboxylic acids is 1. The molecule has 1 amide bonds. The van der Waals surface area contributed by atoms with Crippen molar-refractivity contribution >= 4 is 17.4 Å². The SMILES string of the molecule is CCCCc1ccc(C(=O)Nc2c(-c3cccc(OC)c3)nc3ccccn23)cc1. The van der Waals surface area contributed by atoms with Gasteiger partial charge in [0, 0.05) is 17.3 Å². The first-order chi connectivity index (χ1) is 14.7. The first kappa shape index (κ1) is 19.7. The van der Waals surface area contributed by atoms with Crippen LogP contribution in [0.15, 0.2) is 72.9 Å². The average molecular weight is 399 g/mol. The van der Waals surface area contributed by atoms with Crippen LogP contribution in [0.3, 0.4) is 0 Å². The van der Waals surface area contributed by atoms with Crippen LogP contribution in [-0.4, -0.2) is 22.4 Å². The van der Waals surface area contributed by atoms with Crippen LogP contribution < -0.4 is 10.1 Å². The van der Waals surface area contributed by atoms with Crippen LogP contribution in [0.5, 0.6) is 5.75 Å². The van der Waals surface area contributed by atoms with Gasteiger partial charge in [0.1, 0.15) is 22.9 Å². The number of ether oxygens (including phenoxy) is 1. The number of methoxy groups -OCH3 is 1. The van der Waals surface area contributed by atoms with E-state index in [1.165, 1.54) is 5.56 Å². The number of hydrogen-bond donors (Lipinski definition) is 1. The molecule has 5 nitrogen and oxygen atoms in total. The molecule has 30 heavy (non-hydrogen) atoms. The minimum absolute atomic E-state index is 0.160. The van der Waals surface area contributed by atoms with E-state index in [0.29, 0.717) is 17.1 Å². The summed E-state index contributed by atoms with van der Waals surface area (Å²) in [5.41, 5.74) is 4.22. The summed E-state index contributed by atoms with van der Waals surface area (Å²) in [7, 11) is 1.63. The molecule has 0 aliphatic heterocycles. The third-order valence-corrected chi connectivity index (χ3v) is 5.14. The van der Waals surface area contributed by atoms with E-state index in [1.807, 2.05) is 77.3 Å². The van der Waals surface area contributed by atoms with E-state index in [9.17, 15) is 4.79 Å². The van der Waals surface area contributed by atoms with E-state index in [-0.39, 0.29) is 5.91 Å². The van der Waals surface area contributed by atoms with Gasteiger partial charge < -0.3 is 10.1 Å². The topological polar surface area (TPSA) is 55.6 Å². The molecule has 5 heteroatoms. The predicted molar refractivity (Wildman–Crippen MR) is 120 cm³/mol. The zero-order valence-corrected chi connectivity index (χ0v) is 17.3. The van der Waals surface area contributed by atoms with Crippen LogP contribution in [0, 0.1) is 0 Å². The molecule has 0 aliphatic carbocycles. The van der Waals surface area contributed by atoms with E-state index >= 15 is 0 Å². The van der Waals surface area contributed by atoms with E-state index in [4.69, 9.17) is 9.72 Å². The minimum Gasteiger partial charge on any atom is -0.497 e. The lowest BCUT2D eigenvalue weighted by Gasteiger charge is -2.09. The Hall–Kier alpha value is -3.60. The van der Waals surface area contributed by atoms with Crippen molar-refractivity contribution in [2.75, 3.05) is 12.4 Å². The number of fused-ring (bicyclic) bond motifs is 1. The van der Waals surface area contributed by atoms with Crippen LogP contribution in [0.25, 0.3) is 16.9 Å². The lowest BCUT2D eigenvalue weighted by molar-refractivity contribution is 0.102. The van der Waals surface area contributed by atoms with E-state index in [0.717, 1.165) is 36.2 Å². The van der Waals surface area contributed by atoms with Gasteiger partial charge in [-0.05, 0) is 54.8 Å². The molecule has 0 saturated carbocycles. The van der Waals surface area contributed by atoms with Gasteiger partial charge in [0.25, 0.3) is 5.91 Å². The number of hydrogen-bond acceptors (Lipinski definition) is 3. The molecule has 0 radical (unpaired) electrons. The molecule has 0 fully saturated rings. The second-order valence-corrected chi connectivity index (χ2v) is 7.22. The number of aryl methyl sites for hydroxylation is 1. The Morgan fingerprint density at radius 2 is 1.90 bits per heavy atom. The largest absolute Gasteiger partial charge is 0.497 e. The Kier molecular flexibility index (Phi) is 5.80. The zero-order valence-electron chi connectivity index (χ0n) is 17.3. The highest BCUT2D eigenvalue weighted by Gasteiger charge is 2.17. The fraction of sp³-hybridized carbons (Fsp3) is 0.200. The Morgan fingerprint density at radius 1 is 1.07 bits per heavy atom. The summed E-state index contributed by atoms with van der Waals surface area (Å²) in [6.07, 6.45) is 5.24. The molecule has 0 atom stereocenters. The summed E-state index contributed by atoms with van der Waals surface area (Å²) in [4.78, 5) is 17.8. The minimum atomic E-state index is -0.160. The lowest BCUT2D eigenvalue weighted by Crippen LogP contribution is -2.14. The summed E-state index contributed by atoms with van der Waals surface area (Å²) in [6, 6.07) is 21.3. The van der Waals surface area contributed by atoms with E-state index in [2.05, 4.69) is 12.2 Å². The highest BCUT2D eigenvalue weighted by molar-refractivity contribution is 6.05. The molecule has 4 rings (SSSR count). The molecule has 0 spiro atoms. The standard InChI is InChI=1S/C25H25N3O2/c1-3-4-8-18-12-14-19(15-13-18)25(29)27-24-23(20-9-7-10-21(17-20)30-2)26-22-11-5-6-16-28(22)24/h5-7,9-17H,3-4,8H2,1-2H3,(H,27,29). The summed E-state index contributed by atoms with van der Waals surface area (Å²) in [5.74, 6) is 1.22. The van der Waals surface area contributed by atoms with Crippen LogP contribution in [-0.2, 0) is 6.42 Å². The monoisotopic (exact) mass is 399 g/mol. The number of pyridine rings is 1. The lowest BCUT2D eigenvalue weighted by atomic mass is 10.1. The number of imidazole rings is 1. The number of unbranched alkanes of at least 4 members (excludes halogenated alkanes) is 1. The first-order valence-electron chi connectivity index (χ1n) is 10.2. The van der Waals surface area contributed by atoms with Crippen molar-refractivity contribution in [2.24, 2.45) is 0 Å². The highest BCUT2D eigenvalue weighted by Crippen LogP contribution is 2.31. The molecule has 2 aromatic heterocycles. The van der Waals surface area contributed by atoms with E-state index < -0.39 is 0 Å². The predicted octanol–water partition coefficient (Wildman–Crippen LogP) is 5.60. The highest BCUT2D eigenvalue weighted by atomic mass is 16.5. The molecular weight excluding hydrogens is 374 g/mol. The fourth-order valence-electron chi connectivity index (χ4n) is 3.47. The summed E-state index contributed by atoms with van der Waals surface area (Å²) >= 11 is 0. The third-order valence-electron chi connectivity index (χ3n) is 5.14. The molecule has 4 aromatic rings. The Balaban J connectivity index is 1.68.